The van der Waals surface area contributed by atoms with Crippen LogP contribution in [0.2, 0.25) is 0 Å². The van der Waals surface area contributed by atoms with Crippen molar-refractivity contribution in [3.63, 3.8) is 0 Å². The van der Waals surface area contributed by atoms with Crippen LogP contribution in [0.4, 0.5) is 0 Å². The van der Waals surface area contributed by atoms with E-state index >= 15 is 0 Å². The molecule has 0 fully saturated rings. The van der Waals surface area contributed by atoms with E-state index in [1.807, 2.05) is 0 Å². The summed E-state index contributed by atoms with van der Waals surface area (Å²) in [5.41, 5.74) is 1.44. The third-order valence-corrected chi connectivity index (χ3v) is 3.90. The zero-order chi connectivity index (χ0) is 15.0. The van der Waals surface area contributed by atoms with E-state index < -0.39 is 0 Å². The molecule has 0 aliphatic heterocycles. The fraction of sp³-hybridized carbons (Fsp3) is 0.667. The van der Waals surface area contributed by atoms with Crippen molar-refractivity contribution < 1.29 is 0 Å². The average molecular weight is 276 g/mol. The molecule has 114 valence electrons. The maximum absolute atomic E-state index is 3.65. The Morgan fingerprint density at radius 1 is 0.950 bits per heavy atom. The van der Waals surface area contributed by atoms with Gasteiger partial charge in [0.15, 0.2) is 0 Å². The van der Waals surface area contributed by atoms with Crippen molar-refractivity contribution in [1.82, 2.24) is 10.2 Å². The first-order valence-corrected chi connectivity index (χ1v) is 8.03. The largest absolute Gasteiger partial charge is 0.313 e. The van der Waals surface area contributed by atoms with Crippen LogP contribution in [0.25, 0.3) is 0 Å². The molecule has 0 spiro atoms. The van der Waals surface area contributed by atoms with E-state index in [4.69, 9.17) is 0 Å². The first-order valence-electron chi connectivity index (χ1n) is 8.03. The predicted octanol–water partition coefficient (Wildman–Crippen LogP) is 3.72. The number of nitrogens with zero attached hydrogens (tertiary/aromatic N) is 1. The standard InChI is InChI=1S/C18H32N2/c1-15(2)20(16(3)4)14-13-19-17(5)11-12-18-9-7-6-8-10-18/h6-10,15-17,19H,11-14H2,1-5H3. The molecule has 0 aliphatic rings. The second-order valence-corrected chi connectivity index (χ2v) is 6.30. The van der Waals surface area contributed by atoms with E-state index in [2.05, 4.69) is 75.2 Å². The van der Waals surface area contributed by atoms with Gasteiger partial charge in [-0.1, -0.05) is 30.3 Å². The lowest BCUT2D eigenvalue weighted by Gasteiger charge is -2.31. The lowest BCUT2D eigenvalue weighted by atomic mass is 10.1. The van der Waals surface area contributed by atoms with Gasteiger partial charge >= 0.3 is 0 Å². The van der Waals surface area contributed by atoms with Gasteiger partial charge in [0.25, 0.3) is 0 Å². The van der Waals surface area contributed by atoms with Crippen molar-refractivity contribution in [3.8, 4) is 0 Å². The molecule has 1 unspecified atom stereocenters. The summed E-state index contributed by atoms with van der Waals surface area (Å²) in [7, 11) is 0. The van der Waals surface area contributed by atoms with Gasteiger partial charge in [0, 0.05) is 31.2 Å². The fourth-order valence-electron chi connectivity index (χ4n) is 2.68. The summed E-state index contributed by atoms with van der Waals surface area (Å²) < 4.78 is 0. The van der Waals surface area contributed by atoms with Gasteiger partial charge in [-0.2, -0.15) is 0 Å². The Labute approximate surface area is 125 Å². The van der Waals surface area contributed by atoms with Crippen LogP contribution in [0.15, 0.2) is 30.3 Å². The molecule has 0 heterocycles. The molecule has 2 nitrogen and oxygen atoms in total. The van der Waals surface area contributed by atoms with Crippen molar-refractivity contribution in [1.29, 1.82) is 0 Å². The normalized spacial score (nSPS) is 13.4. The van der Waals surface area contributed by atoms with E-state index in [0.717, 1.165) is 19.5 Å². The average Bonchev–Trinajstić information content (AvgIpc) is 2.41. The van der Waals surface area contributed by atoms with Crippen molar-refractivity contribution in [2.75, 3.05) is 13.1 Å². The van der Waals surface area contributed by atoms with Crippen LogP contribution in [-0.2, 0) is 6.42 Å². The predicted molar refractivity (Wildman–Crippen MR) is 89.2 cm³/mol. The molecule has 0 saturated heterocycles. The first-order chi connectivity index (χ1) is 9.50. The summed E-state index contributed by atoms with van der Waals surface area (Å²) in [6.07, 6.45) is 2.36. The molecule has 0 saturated carbocycles. The summed E-state index contributed by atoms with van der Waals surface area (Å²) in [4.78, 5) is 2.54. The highest BCUT2D eigenvalue weighted by Gasteiger charge is 2.12. The van der Waals surface area contributed by atoms with Crippen LogP contribution in [-0.4, -0.2) is 36.1 Å². The Morgan fingerprint density at radius 3 is 2.10 bits per heavy atom. The Morgan fingerprint density at radius 2 is 1.55 bits per heavy atom. The lowest BCUT2D eigenvalue weighted by molar-refractivity contribution is 0.174. The van der Waals surface area contributed by atoms with E-state index in [1.165, 1.54) is 12.0 Å². The fourth-order valence-corrected chi connectivity index (χ4v) is 2.68. The first kappa shape index (κ1) is 17.2. The molecule has 1 rings (SSSR count). The number of nitrogens with one attached hydrogen (secondary N) is 1. The molecular formula is C18H32N2. The second kappa shape index (κ2) is 9.15. The van der Waals surface area contributed by atoms with Gasteiger partial charge in [-0.25, -0.2) is 0 Å². The van der Waals surface area contributed by atoms with Crippen molar-refractivity contribution in [2.24, 2.45) is 0 Å². The van der Waals surface area contributed by atoms with Crippen LogP contribution in [0.5, 0.6) is 0 Å². The number of aryl methyl sites for hydroxylation is 1. The van der Waals surface area contributed by atoms with Gasteiger partial charge in [0.2, 0.25) is 0 Å². The van der Waals surface area contributed by atoms with Crippen LogP contribution < -0.4 is 5.32 Å². The van der Waals surface area contributed by atoms with Gasteiger partial charge in [-0.15, -0.1) is 0 Å². The van der Waals surface area contributed by atoms with E-state index in [1.54, 1.807) is 0 Å². The maximum Gasteiger partial charge on any atom is 0.0112 e. The third kappa shape index (κ3) is 6.53. The summed E-state index contributed by atoms with van der Waals surface area (Å²) in [6.45, 7) is 13.6. The van der Waals surface area contributed by atoms with Gasteiger partial charge in [0.1, 0.15) is 0 Å². The molecule has 1 atom stereocenters. The summed E-state index contributed by atoms with van der Waals surface area (Å²) >= 11 is 0. The third-order valence-electron chi connectivity index (χ3n) is 3.90. The Kier molecular flexibility index (Phi) is 7.86. The lowest BCUT2D eigenvalue weighted by Crippen LogP contribution is -2.43. The van der Waals surface area contributed by atoms with Crippen LogP contribution >= 0.6 is 0 Å². The molecule has 0 aliphatic carbocycles. The highest BCUT2D eigenvalue weighted by molar-refractivity contribution is 5.14. The molecule has 1 N–H and O–H groups in total. The van der Waals surface area contributed by atoms with Crippen molar-refractivity contribution in [2.45, 2.75) is 65.6 Å². The monoisotopic (exact) mass is 276 g/mol. The number of rotatable bonds is 9. The van der Waals surface area contributed by atoms with Crippen LogP contribution in [0, 0.1) is 0 Å². The quantitative estimate of drug-likeness (QED) is 0.739. The zero-order valence-corrected chi connectivity index (χ0v) is 13.9. The number of hydrogen-bond donors (Lipinski definition) is 1. The minimum atomic E-state index is 0.580. The molecule has 1 aromatic carbocycles. The Bertz CT molecular complexity index is 338. The second-order valence-electron chi connectivity index (χ2n) is 6.30. The minimum Gasteiger partial charge on any atom is -0.313 e. The molecule has 0 bridgehead atoms. The van der Waals surface area contributed by atoms with Crippen molar-refractivity contribution >= 4 is 0 Å². The van der Waals surface area contributed by atoms with Gasteiger partial charge in [-0.3, -0.25) is 4.90 Å². The summed E-state index contributed by atoms with van der Waals surface area (Å²) in [5, 5.41) is 3.65. The number of hydrogen-bond acceptors (Lipinski definition) is 2. The molecular weight excluding hydrogens is 244 g/mol. The van der Waals surface area contributed by atoms with Gasteiger partial charge in [0.05, 0.1) is 0 Å². The highest BCUT2D eigenvalue weighted by Crippen LogP contribution is 2.06. The molecule has 20 heavy (non-hydrogen) atoms. The SMILES string of the molecule is CC(CCc1ccccc1)NCCN(C(C)C)C(C)C. The zero-order valence-electron chi connectivity index (χ0n) is 13.9. The van der Waals surface area contributed by atoms with Crippen molar-refractivity contribution in [3.05, 3.63) is 35.9 Å². The molecule has 1 aromatic rings. The molecule has 0 amide bonds. The molecule has 2 heteroatoms. The Balaban J connectivity index is 2.21. The van der Waals surface area contributed by atoms with Crippen LogP contribution in [0.1, 0.15) is 46.6 Å². The minimum absolute atomic E-state index is 0.580. The number of benzene rings is 1. The summed E-state index contributed by atoms with van der Waals surface area (Å²) in [5.74, 6) is 0. The van der Waals surface area contributed by atoms with Crippen LogP contribution in [0.3, 0.4) is 0 Å². The topological polar surface area (TPSA) is 15.3 Å². The highest BCUT2D eigenvalue weighted by atomic mass is 15.2. The Hall–Kier alpha value is -0.860. The summed E-state index contributed by atoms with van der Waals surface area (Å²) in [6, 6.07) is 12.6. The maximum atomic E-state index is 3.65. The molecule has 0 radical (unpaired) electrons. The smallest absolute Gasteiger partial charge is 0.0112 e. The van der Waals surface area contributed by atoms with E-state index in [-0.39, 0.29) is 0 Å². The van der Waals surface area contributed by atoms with Gasteiger partial charge < -0.3 is 5.32 Å². The molecule has 0 aromatic heterocycles. The van der Waals surface area contributed by atoms with E-state index in [9.17, 15) is 0 Å². The van der Waals surface area contributed by atoms with E-state index in [0.29, 0.717) is 18.1 Å². The van der Waals surface area contributed by atoms with Gasteiger partial charge in [-0.05, 0) is 53.0 Å².